The quantitative estimate of drug-likeness (QED) is 0.833. The number of alkyl halides is 3. The lowest BCUT2D eigenvalue weighted by atomic mass is 9.89. The molecule has 0 bridgehead atoms. The Balaban J connectivity index is 1.52. The third-order valence-electron chi connectivity index (χ3n) is 5.90. The van der Waals surface area contributed by atoms with E-state index in [9.17, 15) is 18.0 Å². The van der Waals surface area contributed by atoms with Crippen molar-refractivity contribution in [1.29, 1.82) is 0 Å². The summed E-state index contributed by atoms with van der Waals surface area (Å²) in [4.78, 5) is 17.7. The smallest absolute Gasteiger partial charge is 0.371 e. The Kier molecular flexibility index (Phi) is 4.93. The molecule has 0 aliphatic heterocycles. The van der Waals surface area contributed by atoms with Crippen LogP contribution in [-0.2, 0) is 11.0 Å². The Bertz CT molecular complexity index is 871. The second-order valence-electron chi connectivity index (χ2n) is 7.94. The molecule has 2 aliphatic rings. The lowest BCUT2D eigenvalue weighted by molar-refractivity contribution is -0.140. The highest BCUT2D eigenvalue weighted by atomic mass is 19.4. The van der Waals surface area contributed by atoms with E-state index in [2.05, 4.69) is 10.3 Å². The van der Waals surface area contributed by atoms with Gasteiger partial charge in [0.25, 0.3) is 0 Å². The van der Waals surface area contributed by atoms with Crippen LogP contribution in [0.2, 0.25) is 0 Å². The molecular formula is C21H24F3N3O. The molecule has 1 aromatic carbocycles. The van der Waals surface area contributed by atoms with E-state index in [1.165, 1.54) is 0 Å². The van der Waals surface area contributed by atoms with E-state index >= 15 is 0 Å². The molecule has 150 valence electrons. The van der Waals surface area contributed by atoms with Gasteiger partial charge in [-0.2, -0.15) is 13.2 Å². The number of rotatable bonds is 4. The summed E-state index contributed by atoms with van der Waals surface area (Å²) in [6.07, 6.45) is 0.866. The maximum Gasteiger partial charge on any atom is 0.433 e. The third-order valence-corrected chi connectivity index (χ3v) is 5.90. The zero-order chi connectivity index (χ0) is 19.9. The van der Waals surface area contributed by atoms with Gasteiger partial charge in [-0.15, -0.1) is 0 Å². The maximum atomic E-state index is 13.3. The Morgan fingerprint density at radius 3 is 2.43 bits per heavy atom. The van der Waals surface area contributed by atoms with Gasteiger partial charge in [0, 0.05) is 36.1 Å². The SMILES string of the molecule is CN(c1cc(C(F)(F)F)nc2ccccc12)C1CCC(NC(=O)C2CC2)CC1. The molecule has 1 N–H and O–H groups in total. The molecule has 28 heavy (non-hydrogen) atoms. The summed E-state index contributed by atoms with van der Waals surface area (Å²) in [6, 6.07) is 8.43. The van der Waals surface area contributed by atoms with E-state index in [1.54, 1.807) is 12.1 Å². The number of amides is 1. The van der Waals surface area contributed by atoms with Crippen molar-refractivity contribution >= 4 is 22.5 Å². The molecule has 0 spiro atoms. The van der Waals surface area contributed by atoms with Crippen molar-refractivity contribution in [3.8, 4) is 0 Å². The average Bonchev–Trinajstić information content (AvgIpc) is 3.52. The van der Waals surface area contributed by atoms with Crippen LogP contribution in [0.15, 0.2) is 30.3 Å². The molecular weight excluding hydrogens is 367 g/mol. The van der Waals surface area contributed by atoms with Crippen molar-refractivity contribution in [2.24, 2.45) is 5.92 Å². The second-order valence-corrected chi connectivity index (χ2v) is 7.94. The van der Waals surface area contributed by atoms with Gasteiger partial charge in [0.2, 0.25) is 5.91 Å². The zero-order valence-corrected chi connectivity index (χ0v) is 15.8. The van der Waals surface area contributed by atoms with Crippen LogP contribution in [0.4, 0.5) is 18.9 Å². The van der Waals surface area contributed by atoms with Crippen LogP contribution in [0, 0.1) is 5.92 Å². The van der Waals surface area contributed by atoms with Crippen LogP contribution >= 0.6 is 0 Å². The molecule has 2 aliphatic carbocycles. The van der Waals surface area contributed by atoms with E-state index in [4.69, 9.17) is 0 Å². The number of pyridine rings is 1. The second kappa shape index (κ2) is 7.26. The number of carbonyl (C=O) groups is 1. The van der Waals surface area contributed by atoms with Gasteiger partial charge in [-0.05, 0) is 50.7 Å². The van der Waals surface area contributed by atoms with Crippen LogP contribution in [0.3, 0.4) is 0 Å². The lowest BCUT2D eigenvalue weighted by Crippen LogP contribution is -2.43. The van der Waals surface area contributed by atoms with Crippen molar-refractivity contribution in [1.82, 2.24) is 10.3 Å². The predicted molar refractivity (Wildman–Crippen MR) is 102 cm³/mol. The number of hydrogen-bond donors (Lipinski definition) is 1. The number of para-hydroxylation sites is 1. The van der Waals surface area contributed by atoms with E-state index in [0.29, 0.717) is 11.2 Å². The molecule has 7 heteroatoms. The van der Waals surface area contributed by atoms with Gasteiger partial charge in [-0.25, -0.2) is 4.98 Å². The lowest BCUT2D eigenvalue weighted by Gasteiger charge is -2.37. The summed E-state index contributed by atoms with van der Waals surface area (Å²) in [5.41, 5.74) is 0.0476. The van der Waals surface area contributed by atoms with Gasteiger partial charge in [-0.1, -0.05) is 18.2 Å². The van der Waals surface area contributed by atoms with Crippen molar-refractivity contribution in [2.75, 3.05) is 11.9 Å². The summed E-state index contributed by atoms with van der Waals surface area (Å²) < 4.78 is 40.0. The van der Waals surface area contributed by atoms with E-state index in [0.717, 1.165) is 50.0 Å². The molecule has 0 unspecified atom stereocenters. The van der Waals surface area contributed by atoms with E-state index < -0.39 is 11.9 Å². The number of halogens is 3. The molecule has 2 saturated carbocycles. The number of nitrogens with zero attached hydrogens (tertiary/aromatic N) is 2. The molecule has 1 heterocycles. The topological polar surface area (TPSA) is 45.2 Å². The number of fused-ring (bicyclic) bond motifs is 1. The molecule has 4 rings (SSSR count). The summed E-state index contributed by atoms with van der Waals surface area (Å²) in [5.74, 6) is 0.358. The van der Waals surface area contributed by atoms with E-state index in [1.807, 2.05) is 24.1 Å². The number of hydrogen-bond acceptors (Lipinski definition) is 3. The van der Waals surface area contributed by atoms with Crippen molar-refractivity contribution < 1.29 is 18.0 Å². The summed E-state index contributed by atoms with van der Waals surface area (Å²) in [5, 5.41) is 3.85. The monoisotopic (exact) mass is 391 g/mol. The minimum Gasteiger partial charge on any atom is -0.371 e. The van der Waals surface area contributed by atoms with Gasteiger partial charge in [0.15, 0.2) is 0 Å². The van der Waals surface area contributed by atoms with Crippen molar-refractivity contribution in [2.45, 2.75) is 56.8 Å². The first-order chi connectivity index (χ1) is 13.3. The van der Waals surface area contributed by atoms with Gasteiger partial charge >= 0.3 is 6.18 Å². The fraction of sp³-hybridized carbons (Fsp3) is 0.524. The Morgan fingerprint density at radius 1 is 1.11 bits per heavy atom. The highest BCUT2D eigenvalue weighted by Gasteiger charge is 2.35. The maximum absolute atomic E-state index is 13.3. The molecule has 1 amide bonds. The number of benzene rings is 1. The van der Waals surface area contributed by atoms with Gasteiger partial charge in [0.1, 0.15) is 5.69 Å². The van der Waals surface area contributed by atoms with Gasteiger partial charge in [0.05, 0.1) is 5.52 Å². The van der Waals surface area contributed by atoms with Crippen LogP contribution in [0.1, 0.15) is 44.2 Å². The van der Waals surface area contributed by atoms with Gasteiger partial charge < -0.3 is 10.2 Å². The molecule has 2 aromatic rings. The highest BCUT2D eigenvalue weighted by Crippen LogP contribution is 2.37. The third kappa shape index (κ3) is 3.93. The molecule has 4 nitrogen and oxygen atoms in total. The van der Waals surface area contributed by atoms with Crippen LogP contribution in [-0.4, -0.2) is 30.0 Å². The minimum absolute atomic E-state index is 0.140. The number of anilines is 1. The fourth-order valence-corrected chi connectivity index (χ4v) is 4.06. The number of aromatic nitrogens is 1. The zero-order valence-electron chi connectivity index (χ0n) is 15.8. The van der Waals surface area contributed by atoms with Crippen molar-refractivity contribution in [3.63, 3.8) is 0 Å². The standard InChI is InChI=1S/C21H24F3N3O/c1-27(15-10-8-14(9-11-15)25-20(28)13-6-7-13)18-12-19(21(22,23)24)26-17-5-3-2-4-16(17)18/h2-5,12-15H,6-11H2,1H3,(H,25,28). The highest BCUT2D eigenvalue weighted by molar-refractivity contribution is 5.92. The fourth-order valence-electron chi connectivity index (χ4n) is 4.06. The summed E-state index contributed by atoms with van der Waals surface area (Å²) in [6.45, 7) is 0. The largest absolute Gasteiger partial charge is 0.433 e. The van der Waals surface area contributed by atoms with Crippen LogP contribution in [0.25, 0.3) is 10.9 Å². The Morgan fingerprint density at radius 2 is 1.79 bits per heavy atom. The predicted octanol–water partition coefficient (Wildman–Crippen LogP) is 4.53. The van der Waals surface area contributed by atoms with Gasteiger partial charge in [-0.3, -0.25) is 4.79 Å². The molecule has 2 fully saturated rings. The normalized spacial score (nSPS) is 22.9. The first-order valence-electron chi connectivity index (χ1n) is 9.83. The number of carbonyl (C=O) groups excluding carboxylic acids is 1. The summed E-state index contributed by atoms with van der Waals surface area (Å²) >= 11 is 0. The molecule has 0 saturated heterocycles. The molecule has 0 radical (unpaired) electrons. The van der Waals surface area contributed by atoms with E-state index in [-0.39, 0.29) is 23.9 Å². The van der Waals surface area contributed by atoms with Crippen LogP contribution in [0.5, 0.6) is 0 Å². The molecule has 1 aromatic heterocycles. The minimum atomic E-state index is -4.48. The number of nitrogens with one attached hydrogen (secondary N) is 1. The first kappa shape index (κ1) is 19.0. The Hall–Kier alpha value is -2.31. The Labute approximate surface area is 162 Å². The van der Waals surface area contributed by atoms with Crippen molar-refractivity contribution in [3.05, 3.63) is 36.0 Å². The molecule has 0 atom stereocenters. The first-order valence-corrected chi connectivity index (χ1v) is 9.83. The summed E-state index contributed by atoms with van der Waals surface area (Å²) in [7, 11) is 1.86. The van der Waals surface area contributed by atoms with Crippen LogP contribution < -0.4 is 10.2 Å². The average molecular weight is 391 g/mol.